The maximum Gasteiger partial charge on any atom is 0.337 e. The number of nitrogens with zero attached hydrogens (tertiary/aromatic N) is 1. The van der Waals surface area contributed by atoms with Crippen LogP contribution in [0.25, 0.3) is 5.57 Å². The number of alkyl halides is 2. The van der Waals surface area contributed by atoms with Gasteiger partial charge in [-0.2, -0.15) is 0 Å². The molecule has 7 rings (SSSR count). The lowest BCUT2D eigenvalue weighted by Crippen LogP contribution is -2.69. The molecule has 0 spiro atoms. The molecule has 0 radical (unpaired) electrons. The van der Waals surface area contributed by atoms with Crippen LogP contribution in [-0.4, -0.2) is 55.0 Å². The molecule has 1 amide bonds. The minimum atomic E-state index is -2.67. The molecular weight excluding hydrogens is 618 g/mol. The molecule has 1 saturated heterocycles. The van der Waals surface area contributed by atoms with E-state index in [4.69, 9.17) is 4.74 Å². The number of halogens is 2. The van der Waals surface area contributed by atoms with Crippen LogP contribution in [0.15, 0.2) is 42.5 Å². The minimum Gasteiger partial charge on any atom is -0.465 e. The third-order valence-electron chi connectivity index (χ3n) is 15.9. The Morgan fingerprint density at radius 2 is 1.61 bits per heavy atom. The Kier molecular flexibility index (Phi) is 8.18. The summed E-state index contributed by atoms with van der Waals surface area (Å²) < 4.78 is 32.1. The molecule has 1 heterocycles. The van der Waals surface area contributed by atoms with E-state index in [0.717, 1.165) is 38.5 Å². The normalized spacial score (nSPS) is 41.9. The molecule has 0 aromatic heterocycles. The molecule has 5 fully saturated rings. The predicted molar refractivity (Wildman–Crippen MR) is 190 cm³/mol. The van der Waals surface area contributed by atoms with Gasteiger partial charge in [-0.25, -0.2) is 13.6 Å². The highest BCUT2D eigenvalue weighted by atomic mass is 19.3. The second-order valence-corrected chi connectivity index (χ2v) is 18.5. The maximum absolute atomic E-state index is 13.6. The molecule has 4 saturated carbocycles. The van der Waals surface area contributed by atoms with Gasteiger partial charge in [0.15, 0.2) is 0 Å². The Labute approximate surface area is 292 Å². The van der Waals surface area contributed by atoms with Crippen molar-refractivity contribution in [3.63, 3.8) is 0 Å². The van der Waals surface area contributed by atoms with Crippen LogP contribution in [0.4, 0.5) is 8.78 Å². The number of carbonyl (C=O) groups is 2. The summed E-state index contributed by atoms with van der Waals surface area (Å²) in [5.41, 5.74) is 4.59. The van der Waals surface area contributed by atoms with Crippen LogP contribution in [-0.2, 0) is 9.53 Å². The number of fused-ring (bicyclic) bond motifs is 7. The number of benzene rings is 1. The topological polar surface area (TPSA) is 58.6 Å². The van der Waals surface area contributed by atoms with E-state index in [1.54, 1.807) is 4.90 Å². The van der Waals surface area contributed by atoms with Crippen molar-refractivity contribution in [3.05, 3.63) is 53.6 Å². The molecule has 1 aliphatic heterocycles. The molecule has 0 bridgehead atoms. The lowest BCUT2D eigenvalue weighted by atomic mass is 9.33. The second kappa shape index (κ2) is 11.5. The highest BCUT2D eigenvalue weighted by Gasteiger charge is 2.70. The summed E-state index contributed by atoms with van der Waals surface area (Å²) >= 11 is 0. The van der Waals surface area contributed by atoms with Gasteiger partial charge in [0, 0.05) is 5.54 Å². The number of likely N-dealkylation sites (tertiary alicyclic amines) is 1. The molecule has 49 heavy (non-hydrogen) atoms. The van der Waals surface area contributed by atoms with E-state index in [9.17, 15) is 18.4 Å². The molecule has 1 aromatic carbocycles. The standard InChI is InChI=1S/C42H58F2N2O3/c1-26(2)29-15-20-41(45-34(47)23-46-24-42(43,44)25-46)22-21-39(6)31(35(29)41)13-14-33-38(5)18-16-30(27-9-11-28(12-10-27)36(48)49-8)37(3,4)32(38)17-19-40(33,39)7/h9-12,16,29,31-33,35H,1,13-15,17-25H2,2-8H3,(H,45,47)/t29-,31+,32?,33?,35?,38-,39+,40+,41-/m0/s1. The monoisotopic (exact) mass is 676 g/mol. The SMILES string of the molecule is C=C(C)[C@@H]1CC[C@]2(NC(=O)CN3CC(F)(F)C3)CC[C@]3(C)[C@H](CCC4[C@@]5(C)CC=C(c6ccc(C(=O)OC)cc6)C(C)(C)C5CC[C@]43C)C12. The number of rotatable bonds is 6. The highest BCUT2D eigenvalue weighted by molar-refractivity contribution is 5.90. The van der Waals surface area contributed by atoms with Gasteiger partial charge in [0.05, 0.1) is 32.3 Å². The van der Waals surface area contributed by atoms with E-state index < -0.39 is 5.92 Å². The summed E-state index contributed by atoms with van der Waals surface area (Å²) in [7, 11) is 1.42. The summed E-state index contributed by atoms with van der Waals surface area (Å²) in [4.78, 5) is 27.2. The van der Waals surface area contributed by atoms with Gasteiger partial charge in [-0.3, -0.25) is 9.69 Å². The molecule has 7 heteroatoms. The molecule has 3 unspecified atom stereocenters. The van der Waals surface area contributed by atoms with Crippen molar-refractivity contribution in [2.24, 2.45) is 51.2 Å². The second-order valence-electron chi connectivity index (χ2n) is 18.5. The van der Waals surface area contributed by atoms with Crippen LogP contribution in [0.3, 0.4) is 0 Å². The average molecular weight is 677 g/mol. The Bertz CT molecular complexity index is 1560. The van der Waals surface area contributed by atoms with Crippen LogP contribution in [0.5, 0.6) is 0 Å². The maximum atomic E-state index is 13.6. The number of nitrogens with one attached hydrogen (secondary N) is 1. The predicted octanol–water partition coefficient (Wildman–Crippen LogP) is 8.94. The average Bonchev–Trinajstić information content (AvgIpc) is 3.39. The summed E-state index contributed by atoms with van der Waals surface area (Å²) in [6, 6.07) is 7.96. The summed E-state index contributed by atoms with van der Waals surface area (Å²) in [5.74, 6) is -0.741. The number of ether oxygens (including phenoxy) is 1. The number of carbonyl (C=O) groups excluding carboxylic acids is 2. The fraction of sp³-hybridized carbons (Fsp3) is 0.714. The van der Waals surface area contributed by atoms with Gasteiger partial charge < -0.3 is 10.1 Å². The van der Waals surface area contributed by atoms with Crippen molar-refractivity contribution in [2.45, 2.75) is 111 Å². The third kappa shape index (κ3) is 5.12. The quantitative estimate of drug-likeness (QED) is 0.242. The van der Waals surface area contributed by atoms with Crippen molar-refractivity contribution in [1.29, 1.82) is 0 Å². The third-order valence-corrected chi connectivity index (χ3v) is 15.9. The van der Waals surface area contributed by atoms with Crippen molar-refractivity contribution in [2.75, 3.05) is 26.7 Å². The molecule has 5 aliphatic carbocycles. The van der Waals surface area contributed by atoms with Crippen LogP contribution >= 0.6 is 0 Å². The summed E-state index contributed by atoms with van der Waals surface area (Å²) in [6.45, 7) is 18.8. The van der Waals surface area contributed by atoms with Crippen LogP contribution < -0.4 is 5.32 Å². The van der Waals surface area contributed by atoms with Gasteiger partial charge in [0.2, 0.25) is 5.91 Å². The lowest BCUT2D eigenvalue weighted by molar-refractivity contribution is -0.219. The molecule has 6 aliphatic rings. The number of hydrogen-bond acceptors (Lipinski definition) is 4. The van der Waals surface area contributed by atoms with Crippen molar-refractivity contribution < 1.29 is 23.1 Å². The van der Waals surface area contributed by atoms with Crippen molar-refractivity contribution in [1.82, 2.24) is 10.2 Å². The van der Waals surface area contributed by atoms with Gasteiger partial charge in [-0.15, -0.1) is 0 Å². The number of amides is 1. The smallest absolute Gasteiger partial charge is 0.337 e. The zero-order valence-electron chi connectivity index (χ0n) is 30.9. The fourth-order valence-electron chi connectivity index (χ4n) is 13.6. The largest absolute Gasteiger partial charge is 0.465 e. The van der Waals surface area contributed by atoms with Crippen LogP contribution in [0.2, 0.25) is 0 Å². The van der Waals surface area contributed by atoms with E-state index >= 15 is 0 Å². The first kappa shape index (κ1) is 34.9. The number of esters is 1. The van der Waals surface area contributed by atoms with Gasteiger partial charge in [0.25, 0.3) is 5.92 Å². The van der Waals surface area contributed by atoms with E-state index in [1.807, 2.05) is 12.1 Å². The zero-order chi connectivity index (χ0) is 35.4. The van der Waals surface area contributed by atoms with Gasteiger partial charge >= 0.3 is 5.97 Å². The molecule has 1 aromatic rings. The highest BCUT2D eigenvalue weighted by Crippen LogP contribution is 2.76. The van der Waals surface area contributed by atoms with E-state index in [1.165, 1.54) is 43.1 Å². The molecule has 9 atom stereocenters. The number of methoxy groups -OCH3 is 1. The van der Waals surface area contributed by atoms with Crippen molar-refractivity contribution in [3.8, 4) is 0 Å². The number of hydrogen-bond donors (Lipinski definition) is 1. The first-order valence-corrected chi connectivity index (χ1v) is 18.9. The fourth-order valence-corrected chi connectivity index (χ4v) is 13.6. The molecular formula is C42H58F2N2O3. The minimum absolute atomic E-state index is 0.0121. The van der Waals surface area contributed by atoms with E-state index in [2.05, 4.69) is 71.6 Å². The Morgan fingerprint density at radius 1 is 0.918 bits per heavy atom. The van der Waals surface area contributed by atoms with Gasteiger partial charge in [0.1, 0.15) is 0 Å². The van der Waals surface area contributed by atoms with Crippen LogP contribution in [0, 0.1) is 51.2 Å². The molecule has 5 nitrogen and oxygen atoms in total. The Hall–Kier alpha value is -2.54. The van der Waals surface area contributed by atoms with E-state index in [-0.39, 0.29) is 58.7 Å². The van der Waals surface area contributed by atoms with Gasteiger partial charge in [-0.05, 0) is 139 Å². The molecule has 268 valence electrons. The summed E-state index contributed by atoms with van der Waals surface area (Å²) in [5, 5.41) is 3.54. The van der Waals surface area contributed by atoms with Gasteiger partial charge in [-0.1, -0.05) is 65.0 Å². The van der Waals surface area contributed by atoms with Crippen molar-refractivity contribution >= 4 is 17.4 Å². The zero-order valence-corrected chi connectivity index (χ0v) is 30.9. The van der Waals surface area contributed by atoms with E-state index in [0.29, 0.717) is 35.2 Å². The summed E-state index contributed by atoms with van der Waals surface area (Å²) in [6.07, 6.45) is 12.4. The first-order valence-electron chi connectivity index (χ1n) is 18.9. The Balaban J connectivity index is 1.17. The number of allylic oxidation sites excluding steroid dienone is 3. The Morgan fingerprint density at radius 3 is 2.24 bits per heavy atom. The first-order chi connectivity index (χ1) is 22.9. The molecule has 1 N–H and O–H groups in total. The van der Waals surface area contributed by atoms with Crippen LogP contribution in [0.1, 0.15) is 115 Å². The lowest BCUT2D eigenvalue weighted by Gasteiger charge is -2.72.